The lowest BCUT2D eigenvalue weighted by atomic mass is 9.94. The summed E-state index contributed by atoms with van der Waals surface area (Å²) in [6.07, 6.45) is 0. The molecule has 90 valence electrons. The van der Waals surface area contributed by atoms with Gasteiger partial charge in [0, 0.05) is 10.3 Å². The second kappa shape index (κ2) is 4.61. The molecule has 1 aromatic carbocycles. The fourth-order valence-electron chi connectivity index (χ4n) is 1.55. The average molecular weight is 246 g/mol. The Morgan fingerprint density at radius 1 is 1.06 bits per heavy atom. The Kier molecular flexibility index (Phi) is 3.34. The molecule has 0 N–H and O–H groups in total. The fourth-order valence-corrected chi connectivity index (χ4v) is 2.45. The molecule has 1 nitrogen and oxygen atoms in total. The zero-order chi connectivity index (χ0) is 12.5. The summed E-state index contributed by atoms with van der Waals surface area (Å²) < 4.78 is 5.83. The Morgan fingerprint density at radius 2 is 1.71 bits per heavy atom. The SMILES string of the molecule is Cc1oc(C(C)(C)C)cc1Sc1ccccc1. The van der Waals surface area contributed by atoms with Crippen LogP contribution in [-0.4, -0.2) is 0 Å². The van der Waals surface area contributed by atoms with Crippen LogP contribution in [0, 0.1) is 6.92 Å². The minimum Gasteiger partial charge on any atom is -0.465 e. The number of rotatable bonds is 2. The van der Waals surface area contributed by atoms with Crippen LogP contribution in [0.5, 0.6) is 0 Å². The second-order valence-electron chi connectivity index (χ2n) is 5.20. The summed E-state index contributed by atoms with van der Waals surface area (Å²) in [5.41, 5.74) is 0.0697. The maximum Gasteiger partial charge on any atom is 0.115 e. The number of aryl methyl sites for hydroxylation is 1. The molecule has 17 heavy (non-hydrogen) atoms. The maximum atomic E-state index is 5.83. The summed E-state index contributed by atoms with van der Waals surface area (Å²) in [5, 5.41) is 0. The zero-order valence-electron chi connectivity index (χ0n) is 10.8. The Bertz CT molecular complexity index is 491. The monoisotopic (exact) mass is 246 g/mol. The van der Waals surface area contributed by atoms with Gasteiger partial charge in [-0.15, -0.1) is 0 Å². The predicted molar refractivity (Wildman–Crippen MR) is 72.7 cm³/mol. The van der Waals surface area contributed by atoms with E-state index in [9.17, 15) is 0 Å². The summed E-state index contributed by atoms with van der Waals surface area (Å²) in [5.74, 6) is 2.05. The van der Waals surface area contributed by atoms with Crippen molar-refractivity contribution in [3.63, 3.8) is 0 Å². The van der Waals surface area contributed by atoms with Gasteiger partial charge >= 0.3 is 0 Å². The van der Waals surface area contributed by atoms with Gasteiger partial charge in [0.05, 0.1) is 4.90 Å². The van der Waals surface area contributed by atoms with Gasteiger partial charge in [0.1, 0.15) is 11.5 Å². The van der Waals surface area contributed by atoms with Crippen molar-refractivity contribution in [2.75, 3.05) is 0 Å². The summed E-state index contributed by atoms with van der Waals surface area (Å²) in [6, 6.07) is 12.5. The van der Waals surface area contributed by atoms with Crippen LogP contribution in [-0.2, 0) is 5.41 Å². The zero-order valence-corrected chi connectivity index (χ0v) is 11.6. The predicted octanol–water partition coefficient (Wildman–Crippen LogP) is 5.04. The van der Waals surface area contributed by atoms with E-state index < -0.39 is 0 Å². The molecule has 0 atom stereocenters. The van der Waals surface area contributed by atoms with E-state index in [-0.39, 0.29) is 5.41 Å². The second-order valence-corrected chi connectivity index (χ2v) is 6.31. The number of benzene rings is 1. The van der Waals surface area contributed by atoms with Gasteiger partial charge in [-0.3, -0.25) is 0 Å². The molecule has 1 heterocycles. The lowest BCUT2D eigenvalue weighted by Gasteiger charge is -2.13. The standard InChI is InChI=1S/C15H18OS/c1-11-13(10-14(16-11)15(2,3)4)17-12-8-6-5-7-9-12/h5-10H,1-4H3. The molecule has 0 radical (unpaired) electrons. The summed E-state index contributed by atoms with van der Waals surface area (Å²) >= 11 is 1.76. The quantitative estimate of drug-likeness (QED) is 0.736. The smallest absolute Gasteiger partial charge is 0.115 e. The van der Waals surface area contributed by atoms with E-state index in [0.29, 0.717) is 0 Å². The molecule has 0 aliphatic carbocycles. The van der Waals surface area contributed by atoms with Crippen LogP contribution >= 0.6 is 11.8 Å². The lowest BCUT2D eigenvalue weighted by Crippen LogP contribution is -2.09. The Labute approximate surface area is 107 Å². The third-order valence-electron chi connectivity index (χ3n) is 2.58. The van der Waals surface area contributed by atoms with Gasteiger partial charge in [0.2, 0.25) is 0 Å². The summed E-state index contributed by atoms with van der Waals surface area (Å²) in [7, 11) is 0. The van der Waals surface area contributed by atoms with E-state index in [1.54, 1.807) is 11.8 Å². The normalized spacial score (nSPS) is 11.8. The van der Waals surface area contributed by atoms with Crippen molar-refractivity contribution in [2.45, 2.75) is 42.9 Å². The largest absolute Gasteiger partial charge is 0.465 e. The molecule has 0 aliphatic heterocycles. The van der Waals surface area contributed by atoms with Gasteiger partial charge in [-0.2, -0.15) is 0 Å². The first kappa shape index (κ1) is 12.3. The van der Waals surface area contributed by atoms with Crippen molar-refractivity contribution in [3.05, 3.63) is 47.9 Å². The molecule has 0 spiro atoms. The third-order valence-corrected chi connectivity index (χ3v) is 3.72. The van der Waals surface area contributed by atoms with Gasteiger partial charge in [-0.05, 0) is 25.1 Å². The van der Waals surface area contributed by atoms with Crippen LogP contribution < -0.4 is 0 Å². The molecular weight excluding hydrogens is 228 g/mol. The van der Waals surface area contributed by atoms with Crippen molar-refractivity contribution in [3.8, 4) is 0 Å². The van der Waals surface area contributed by atoms with Crippen LogP contribution in [0.3, 0.4) is 0 Å². The fraction of sp³-hybridized carbons (Fsp3) is 0.333. The van der Waals surface area contributed by atoms with Gasteiger partial charge in [-0.1, -0.05) is 50.7 Å². The first-order valence-corrected chi connectivity index (χ1v) is 6.62. The summed E-state index contributed by atoms with van der Waals surface area (Å²) in [6.45, 7) is 8.53. The van der Waals surface area contributed by atoms with Crippen molar-refractivity contribution in [2.24, 2.45) is 0 Å². The molecule has 2 aromatic rings. The minimum atomic E-state index is 0.0697. The highest BCUT2D eigenvalue weighted by atomic mass is 32.2. The highest BCUT2D eigenvalue weighted by Gasteiger charge is 2.20. The summed E-state index contributed by atoms with van der Waals surface area (Å²) in [4.78, 5) is 2.46. The number of hydrogen-bond acceptors (Lipinski definition) is 2. The van der Waals surface area contributed by atoms with Crippen LogP contribution in [0.1, 0.15) is 32.3 Å². The molecule has 0 amide bonds. The van der Waals surface area contributed by atoms with Gasteiger partial charge in [0.25, 0.3) is 0 Å². The molecule has 0 saturated heterocycles. The molecule has 2 heteroatoms. The first-order chi connectivity index (χ1) is 7.97. The first-order valence-electron chi connectivity index (χ1n) is 5.80. The maximum absolute atomic E-state index is 5.83. The molecule has 0 unspecified atom stereocenters. The van der Waals surface area contributed by atoms with E-state index in [2.05, 4.69) is 51.1 Å². The molecular formula is C15H18OS. The van der Waals surface area contributed by atoms with E-state index in [1.165, 1.54) is 9.79 Å². The van der Waals surface area contributed by atoms with Crippen LogP contribution in [0.4, 0.5) is 0 Å². The molecule has 0 saturated carbocycles. The van der Waals surface area contributed by atoms with E-state index in [1.807, 2.05) is 13.0 Å². The minimum absolute atomic E-state index is 0.0697. The molecule has 0 aliphatic rings. The van der Waals surface area contributed by atoms with Gasteiger partial charge < -0.3 is 4.42 Å². The van der Waals surface area contributed by atoms with Gasteiger partial charge in [0.15, 0.2) is 0 Å². The highest BCUT2D eigenvalue weighted by Crippen LogP contribution is 2.35. The van der Waals surface area contributed by atoms with E-state index in [0.717, 1.165) is 11.5 Å². The Hall–Kier alpha value is -1.15. The third kappa shape index (κ3) is 2.95. The number of furan rings is 1. The Balaban J connectivity index is 2.26. The van der Waals surface area contributed by atoms with E-state index in [4.69, 9.17) is 4.42 Å². The highest BCUT2D eigenvalue weighted by molar-refractivity contribution is 7.99. The Morgan fingerprint density at radius 3 is 2.24 bits per heavy atom. The van der Waals surface area contributed by atoms with Crippen LogP contribution in [0.15, 0.2) is 50.6 Å². The molecule has 2 rings (SSSR count). The lowest BCUT2D eigenvalue weighted by molar-refractivity contribution is 0.394. The van der Waals surface area contributed by atoms with Crippen LogP contribution in [0.2, 0.25) is 0 Å². The topological polar surface area (TPSA) is 13.1 Å². The molecule has 0 fully saturated rings. The van der Waals surface area contributed by atoms with Crippen molar-refractivity contribution < 1.29 is 4.42 Å². The van der Waals surface area contributed by atoms with Crippen molar-refractivity contribution >= 4 is 11.8 Å². The number of hydrogen-bond donors (Lipinski definition) is 0. The molecule has 0 bridgehead atoms. The average Bonchev–Trinajstić information content (AvgIpc) is 2.62. The van der Waals surface area contributed by atoms with Gasteiger partial charge in [-0.25, -0.2) is 0 Å². The van der Waals surface area contributed by atoms with Crippen LogP contribution in [0.25, 0.3) is 0 Å². The van der Waals surface area contributed by atoms with Crippen molar-refractivity contribution in [1.29, 1.82) is 0 Å². The van der Waals surface area contributed by atoms with E-state index >= 15 is 0 Å². The molecule has 1 aromatic heterocycles. The van der Waals surface area contributed by atoms with Crippen molar-refractivity contribution in [1.82, 2.24) is 0 Å².